The fraction of sp³-hybridized carbons (Fsp3) is 0.553. The quantitative estimate of drug-likeness (QED) is 0.319. The number of rotatable bonds is 10. The van der Waals surface area contributed by atoms with E-state index in [2.05, 4.69) is 16.7 Å². The molecule has 5 atom stereocenters. The van der Waals surface area contributed by atoms with E-state index in [1.165, 1.54) is 34.5 Å². The number of aryl methyl sites for hydroxylation is 1. The molecule has 2 aromatic rings. The molecule has 50 heavy (non-hydrogen) atoms. The summed E-state index contributed by atoms with van der Waals surface area (Å²) >= 11 is 0. The first-order valence-corrected chi connectivity index (χ1v) is 17.2. The van der Waals surface area contributed by atoms with Crippen molar-refractivity contribution < 1.29 is 38.6 Å². The number of carboxylic acid groups (broad SMARTS) is 1. The zero-order valence-electron chi connectivity index (χ0n) is 30.4. The minimum Gasteiger partial charge on any atom is -0.478 e. The largest absolute Gasteiger partial charge is 0.478 e. The maximum absolute atomic E-state index is 14.5. The maximum Gasteiger partial charge on any atom is 0.410 e. The number of carboxylic acids is 1. The average molecular weight is 693 g/mol. The third-order valence-electron chi connectivity index (χ3n) is 9.26. The fourth-order valence-electron chi connectivity index (χ4n) is 6.28. The van der Waals surface area contributed by atoms with Crippen LogP contribution in [0.2, 0.25) is 0 Å². The molecule has 0 spiro atoms. The minimum absolute atomic E-state index is 0.112. The van der Waals surface area contributed by atoms with E-state index < -0.39 is 59.1 Å². The second-order valence-corrected chi connectivity index (χ2v) is 15.4. The van der Waals surface area contributed by atoms with Gasteiger partial charge >= 0.3 is 12.1 Å². The number of likely N-dealkylation sites (N-methyl/N-ethyl adjacent to an activating group) is 1. The first kappa shape index (κ1) is 38.4. The first-order chi connectivity index (χ1) is 23.4. The van der Waals surface area contributed by atoms with Crippen molar-refractivity contribution in [2.24, 2.45) is 5.41 Å². The molecule has 0 aromatic heterocycles. The first-order valence-electron chi connectivity index (χ1n) is 17.2. The Balaban J connectivity index is 1.55. The van der Waals surface area contributed by atoms with Crippen molar-refractivity contribution in [2.75, 3.05) is 13.6 Å². The van der Waals surface area contributed by atoms with E-state index in [1.807, 2.05) is 39.0 Å². The molecular formula is C38H52N4O8. The van der Waals surface area contributed by atoms with Gasteiger partial charge in [-0.15, -0.1) is 0 Å². The summed E-state index contributed by atoms with van der Waals surface area (Å²) in [6, 6.07) is 11.4. The van der Waals surface area contributed by atoms with Crippen LogP contribution in [-0.4, -0.2) is 88.1 Å². The summed E-state index contributed by atoms with van der Waals surface area (Å²) in [5, 5.41) is 15.3. The molecule has 1 heterocycles. The topological polar surface area (TPSA) is 155 Å². The van der Waals surface area contributed by atoms with Gasteiger partial charge in [-0.25, -0.2) is 9.59 Å². The van der Waals surface area contributed by atoms with Crippen molar-refractivity contribution in [3.8, 4) is 0 Å². The highest BCUT2D eigenvalue weighted by Crippen LogP contribution is 2.32. The molecule has 2 aliphatic rings. The number of ether oxygens (including phenoxy) is 2. The number of aromatic carboxylic acids is 1. The molecule has 4 amide bonds. The highest BCUT2D eigenvalue weighted by atomic mass is 16.6. The van der Waals surface area contributed by atoms with Crippen LogP contribution in [0.5, 0.6) is 0 Å². The number of likely N-dealkylation sites (tertiary alicyclic amines) is 1. The third kappa shape index (κ3) is 9.62. The second-order valence-electron chi connectivity index (χ2n) is 15.4. The molecule has 1 aliphatic carbocycles. The molecule has 1 aliphatic heterocycles. The van der Waals surface area contributed by atoms with Crippen LogP contribution in [-0.2, 0) is 36.9 Å². The summed E-state index contributed by atoms with van der Waals surface area (Å²) in [5.41, 5.74) is 1.67. The Bertz CT molecular complexity index is 1560. The van der Waals surface area contributed by atoms with Crippen LogP contribution in [0.4, 0.5) is 4.79 Å². The Hall–Kier alpha value is -4.45. The standard InChI is InChI=1S/C38H52N4O8/c1-23(41(8)36(48)50-38(5,6)7)32(43)40-31(37(2,3)4)34(45)42-21-27(49-22-24-16-18-26(19-17-24)35(46)47)20-30(42)33(44)39-29-15-11-13-25-12-9-10-14-28(25)29/h9-10,12,14,16-19,23,27,29-31H,11,13,15,20-22H2,1-8H3,(H,39,44)(H,40,43)(H,46,47)/t23-,27?,29+,30-,31?/m0/s1. The number of hydrogen-bond acceptors (Lipinski definition) is 7. The summed E-state index contributed by atoms with van der Waals surface area (Å²) in [7, 11) is 1.47. The number of hydrogen-bond donors (Lipinski definition) is 3. The van der Waals surface area contributed by atoms with Gasteiger partial charge in [0.15, 0.2) is 0 Å². The number of fused-ring (bicyclic) bond motifs is 1. The fourth-order valence-corrected chi connectivity index (χ4v) is 6.28. The van der Waals surface area contributed by atoms with Crippen LogP contribution in [0.25, 0.3) is 0 Å². The Morgan fingerprint density at radius 1 is 1.00 bits per heavy atom. The number of amides is 4. The highest BCUT2D eigenvalue weighted by Gasteiger charge is 2.46. The lowest BCUT2D eigenvalue weighted by molar-refractivity contribution is -0.144. The molecule has 0 radical (unpaired) electrons. The van der Waals surface area contributed by atoms with Gasteiger partial charge in [-0.3, -0.25) is 19.3 Å². The molecule has 272 valence electrons. The summed E-state index contributed by atoms with van der Waals surface area (Å²) in [6.07, 6.45) is 1.71. The molecule has 1 fully saturated rings. The summed E-state index contributed by atoms with van der Waals surface area (Å²) in [5.74, 6) is -2.29. The van der Waals surface area contributed by atoms with Crippen molar-refractivity contribution >= 4 is 29.8 Å². The highest BCUT2D eigenvalue weighted by molar-refractivity contribution is 5.94. The van der Waals surface area contributed by atoms with Gasteiger partial charge in [-0.1, -0.05) is 57.2 Å². The van der Waals surface area contributed by atoms with E-state index in [1.54, 1.807) is 39.8 Å². The van der Waals surface area contributed by atoms with Crippen molar-refractivity contribution in [3.05, 3.63) is 70.8 Å². The molecule has 12 heteroatoms. The van der Waals surface area contributed by atoms with Gasteiger partial charge in [-0.05, 0) is 81.2 Å². The number of nitrogens with one attached hydrogen (secondary N) is 2. The van der Waals surface area contributed by atoms with Gasteiger partial charge < -0.3 is 30.1 Å². The number of nitrogens with zero attached hydrogens (tertiary/aromatic N) is 2. The van der Waals surface area contributed by atoms with Crippen molar-refractivity contribution in [2.45, 2.75) is 117 Å². The second kappa shape index (κ2) is 15.6. The molecule has 2 aromatic carbocycles. The predicted octanol–water partition coefficient (Wildman–Crippen LogP) is 4.85. The zero-order valence-corrected chi connectivity index (χ0v) is 30.4. The summed E-state index contributed by atoms with van der Waals surface area (Å²) < 4.78 is 11.6. The van der Waals surface area contributed by atoms with Crippen LogP contribution >= 0.6 is 0 Å². The van der Waals surface area contributed by atoms with Crippen LogP contribution in [0.3, 0.4) is 0 Å². The van der Waals surface area contributed by atoms with E-state index in [0.717, 1.165) is 30.4 Å². The zero-order chi connectivity index (χ0) is 37.0. The van der Waals surface area contributed by atoms with Crippen LogP contribution in [0.1, 0.15) is 101 Å². The lowest BCUT2D eigenvalue weighted by atomic mass is 9.85. The van der Waals surface area contributed by atoms with Crippen LogP contribution < -0.4 is 10.6 Å². The van der Waals surface area contributed by atoms with Gasteiger partial charge in [0.05, 0.1) is 24.3 Å². The molecule has 4 rings (SSSR count). The van der Waals surface area contributed by atoms with E-state index in [4.69, 9.17) is 9.47 Å². The smallest absolute Gasteiger partial charge is 0.410 e. The Morgan fingerprint density at radius 3 is 2.28 bits per heavy atom. The number of carbonyl (C=O) groups is 5. The Morgan fingerprint density at radius 2 is 1.66 bits per heavy atom. The van der Waals surface area contributed by atoms with Crippen LogP contribution in [0.15, 0.2) is 48.5 Å². The summed E-state index contributed by atoms with van der Waals surface area (Å²) in [4.78, 5) is 68.8. The Kier molecular flexibility index (Phi) is 12.0. The molecular weight excluding hydrogens is 640 g/mol. The molecule has 2 unspecified atom stereocenters. The number of benzene rings is 2. The normalized spacial score (nSPS) is 20.2. The lowest BCUT2D eigenvalue weighted by Gasteiger charge is -2.37. The van der Waals surface area contributed by atoms with E-state index in [9.17, 15) is 29.1 Å². The minimum atomic E-state index is -1.03. The van der Waals surface area contributed by atoms with Crippen molar-refractivity contribution in [1.82, 2.24) is 20.4 Å². The van der Waals surface area contributed by atoms with Crippen molar-refractivity contribution in [3.63, 3.8) is 0 Å². The van der Waals surface area contributed by atoms with Gasteiger partial charge in [0.2, 0.25) is 17.7 Å². The maximum atomic E-state index is 14.5. The van der Waals surface area contributed by atoms with Gasteiger partial charge in [-0.2, -0.15) is 0 Å². The Labute approximate surface area is 294 Å². The molecule has 3 N–H and O–H groups in total. The molecule has 1 saturated heterocycles. The molecule has 0 saturated carbocycles. The van der Waals surface area contributed by atoms with Crippen molar-refractivity contribution in [1.29, 1.82) is 0 Å². The SMILES string of the molecule is C[C@@H](C(=O)NC(C(=O)N1CC(OCc2ccc(C(=O)O)cc2)C[C@H]1C(=O)N[C@@H]1CCCc2ccccc21)C(C)(C)C)N(C)C(=O)OC(C)(C)C. The van der Waals surface area contributed by atoms with Gasteiger partial charge in [0.1, 0.15) is 23.7 Å². The number of carbonyl (C=O) groups excluding carboxylic acids is 4. The van der Waals surface area contributed by atoms with Gasteiger partial charge in [0, 0.05) is 20.0 Å². The third-order valence-corrected chi connectivity index (χ3v) is 9.26. The van der Waals surface area contributed by atoms with Crippen LogP contribution in [0, 0.1) is 5.41 Å². The van der Waals surface area contributed by atoms with E-state index in [-0.39, 0.29) is 37.1 Å². The summed E-state index contributed by atoms with van der Waals surface area (Å²) in [6.45, 7) is 12.5. The molecule has 12 nitrogen and oxygen atoms in total. The van der Waals surface area contributed by atoms with Gasteiger partial charge in [0.25, 0.3) is 0 Å². The van der Waals surface area contributed by atoms with E-state index in [0.29, 0.717) is 0 Å². The monoisotopic (exact) mass is 692 g/mol. The predicted molar refractivity (Wildman–Crippen MR) is 187 cm³/mol. The lowest BCUT2D eigenvalue weighted by Crippen LogP contribution is -2.60. The van der Waals surface area contributed by atoms with E-state index >= 15 is 0 Å². The average Bonchev–Trinajstić information content (AvgIpc) is 3.49. The molecule has 0 bridgehead atoms.